The number of anilines is 1. The quantitative estimate of drug-likeness (QED) is 0.901. The summed E-state index contributed by atoms with van der Waals surface area (Å²) in [6.45, 7) is 1.93. The van der Waals surface area contributed by atoms with Crippen molar-refractivity contribution in [1.82, 2.24) is 4.98 Å². The van der Waals surface area contributed by atoms with E-state index in [0.717, 1.165) is 11.3 Å². The Kier molecular flexibility index (Phi) is 2.94. The van der Waals surface area contributed by atoms with Crippen LogP contribution in [0.4, 0.5) is 10.1 Å². The van der Waals surface area contributed by atoms with E-state index >= 15 is 0 Å². The van der Waals surface area contributed by atoms with Crippen molar-refractivity contribution in [1.29, 1.82) is 0 Å². The molecule has 3 nitrogen and oxygen atoms in total. The molecule has 0 atom stereocenters. The minimum absolute atomic E-state index is 0.309. The largest absolute Gasteiger partial charge is 0.381 e. The first-order valence-electron chi connectivity index (χ1n) is 5.84. The lowest BCUT2D eigenvalue weighted by Crippen LogP contribution is -2.01. The van der Waals surface area contributed by atoms with Crippen LogP contribution in [0.5, 0.6) is 0 Å². The second-order valence-corrected chi connectivity index (χ2v) is 4.34. The van der Waals surface area contributed by atoms with Crippen molar-refractivity contribution in [3.63, 3.8) is 0 Å². The molecule has 2 heterocycles. The molecule has 0 saturated carbocycles. The van der Waals surface area contributed by atoms with E-state index in [1.165, 1.54) is 23.4 Å². The van der Waals surface area contributed by atoms with Crippen LogP contribution < -0.4 is 5.32 Å². The summed E-state index contributed by atoms with van der Waals surface area (Å²) in [4.78, 5) is 3.82. The number of nitrogens with zero attached hydrogens (tertiary/aromatic N) is 1. The maximum Gasteiger partial charge on any atom is 0.141 e. The fraction of sp³-hybridized carbons (Fsp3) is 0.214. The number of aromatic nitrogens is 1. The molecule has 0 radical (unpaired) electrons. The first kappa shape index (κ1) is 11.2. The lowest BCUT2D eigenvalue weighted by molar-refractivity contribution is 0.134. The number of hydrogen-bond acceptors (Lipinski definition) is 3. The van der Waals surface area contributed by atoms with Gasteiger partial charge in [0.2, 0.25) is 0 Å². The molecule has 2 aromatic rings. The van der Waals surface area contributed by atoms with Gasteiger partial charge >= 0.3 is 0 Å². The van der Waals surface area contributed by atoms with Gasteiger partial charge in [-0.15, -0.1) is 0 Å². The van der Waals surface area contributed by atoms with E-state index in [9.17, 15) is 4.39 Å². The van der Waals surface area contributed by atoms with E-state index in [1.54, 1.807) is 6.20 Å². The molecule has 0 unspecified atom stereocenters. The van der Waals surface area contributed by atoms with Crippen LogP contribution in [-0.4, -0.2) is 4.98 Å². The summed E-state index contributed by atoms with van der Waals surface area (Å²) in [6.07, 6.45) is 2.86. The van der Waals surface area contributed by atoms with Crippen molar-refractivity contribution in [2.24, 2.45) is 0 Å². The van der Waals surface area contributed by atoms with Crippen LogP contribution in [-0.2, 0) is 24.5 Å². The molecular formula is C14H13FN2O. The third-order valence-electron chi connectivity index (χ3n) is 2.98. The van der Waals surface area contributed by atoms with E-state index < -0.39 is 0 Å². The summed E-state index contributed by atoms with van der Waals surface area (Å²) < 4.78 is 18.3. The highest BCUT2D eigenvalue weighted by atomic mass is 19.1. The maximum atomic E-state index is 13.0. The van der Waals surface area contributed by atoms with Crippen LogP contribution in [0.2, 0.25) is 0 Å². The van der Waals surface area contributed by atoms with E-state index in [1.807, 2.05) is 6.07 Å². The smallest absolute Gasteiger partial charge is 0.141 e. The van der Waals surface area contributed by atoms with Crippen molar-refractivity contribution in [3.8, 4) is 0 Å². The molecule has 92 valence electrons. The molecule has 0 saturated heterocycles. The van der Waals surface area contributed by atoms with Gasteiger partial charge in [-0.3, -0.25) is 4.98 Å². The second-order valence-electron chi connectivity index (χ2n) is 4.34. The van der Waals surface area contributed by atoms with Crippen LogP contribution in [0, 0.1) is 5.82 Å². The summed E-state index contributed by atoms with van der Waals surface area (Å²) in [7, 11) is 0. The lowest BCUT2D eigenvalue weighted by Gasteiger charge is -2.07. The van der Waals surface area contributed by atoms with Crippen molar-refractivity contribution in [3.05, 3.63) is 59.2 Å². The highest BCUT2D eigenvalue weighted by Crippen LogP contribution is 2.23. The Morgan fingerprint density at radius 2 is 2.06 bits per heavy atom. The molecule has 0 bridgehead atoms. The average Bonchev–Trinajstić information content (AvgIpc) is 2.84. The summed E-state index contributed by atoms with van der Waals surface area (Å²) in [5, 5.41) is 3.26. The summed E-state index contributed by atoms with van der Waals surface area (Å²) >= 11 is 0. The van der Waals surface area contributed by atoms with E-state index in [4.69, 9.17) is 4.74 Å². The average molecular weight is 244 g/mol. The Morgan fingerprint density at radius 3 is 2.94 bits per heavy atom. The number of benzene rings is 1. The first-order chi connectivity index (χ1) is 8.81. The van der Waals surface area contributed by atoms with Gasteiger partial charge in [0, 0.05) is 18.4 Å². The number of halogens is 1. The van der Waals surface area contributed by atoms with Gasteiger partial charge in [0.25, 0.3) is 0 Å². The van der Waals surface area contributed by atoms with Gasteiger partial charge < -0.3 is 10.1 Å². The zero-order chi connectivity index (χ0) is 12.4. The van der Waals surface area contributed by atoms with E-state index in [0.29, 0.717) is 19.8 Å². The topological polar surface area (TPSA) is 34.2 Å². The minimum atomic E-state index is -0.309. The number of pyridine rings is 1. The molecular weight excluding hydrogens is 231 g/mol. The molecule has 4 heteroatoms. The Bertz CT molecular complexity index is 571. The van der Waals surface area contributed by atoms with E-state index in [-0.39, 0.29) is 5.82 Å². The third kappa shape index (κ3) is 2.33. The molecule has 1 N–H and O–H groups in total. The predicted molar refractivity (Wildman–Crippen MR) is 66.5 cm³/mol. The minimum Gasteiger partial charge on any atom is -0.381 e. The van der Waals surface area contributed by atoms with Crippen LogP contribution in [0.1, 0.15) is 16.7 Å². The van der Waals surface area contributed by atoms with Crippen molar-refractivity contribution in [2.45, 2.75) is 19.8 Å². The standard InChI is InChI=1S/C14H13FN2O/c15-13-3-10(5-16-7-13)6-17-14-2-1-11-8-18-9-12(11)4-14/h1-5,7,17H,6,8-9H2. The van der Waals surface area contributed by atoms with Crippen LogP contribution in [0.25, 0.3) is 0 Å². The van der Waals surface area contributed by atoms with Crippen LogP contribution in [0.15, 0.2) is 36.7 Å². The molecule has 1 aliphatic heterocycles. The third-order valence-corrected chi connectivity index (χ3v) is 2.98. The summed E-state index contributed by atoms with van der Waals surface area (Å²) in [5.41, 5.74) is 4.31. The number of fused-ring (bicyclic) bond motifs is 1. The monoisotopic (exact) mass is 244 g/mol. The maximum absolute atomic E-state index is 13.0. The molecule has 0 amide bonds. The molecule has 18 heavy (non-hydrogen) atoms. The lowest BCUT2D eigenvalue weighted by atomic mass is 10.1. The Labute approximate surface area is 105 Å². The van der Waals surface area contributed by atoms with Crippen molar-refractivity contribution >= 4 is 5.69 Å². The predicted octanol–water partition coefficient (Wildman–Crippen LogP) is 2.86. The Morgan fingerprint density at radius 1 is 1.17 bits per heavy atom. The number of ether oxygens (including phenoxy) is 1. The normalized spacial score (nSPS) is 13.4. The zero-order valence-electron chi connectivity index (χ0n) is 9.82. The van der Waals surface area contributed by atoms with Gasteiger partial charge in [0.1, 0.15) is 5.82 Å². The first-order valence-corrected chi connectivity index (χ1v) is 5.84. The van der Waals surface area contributed by atoms with Gasteiger partial charge in [-0.25, -0.2) is 4.39 Å². The molecule has 1 aromatic carbocycles. The Hall–Kier alpha value is -1.94. The van der Waals surface area contributed by atoms with Crippen LogP contribution >= 0.6 is 0 Å². The van der Waals surface area contributed by atoms with Gasteiger partial charge in [-0.2, -0.15) is 0 Å². The summed E-state index contributed by atoms with van der Waals surface area (Å²) in [6, 6.07) is 7.64. The SMILES string of the molecule is Fc1cncc(CNc2ccc3c(c2)COC3)c1. The number of hydrogen-bond donors (Lipinski definition) is 1. The Balaban J connectivity index is 1.70. The fourth-order valence-corrected chi connectivity index (χ4v) is 2.04. The zero-order valence-corrected chi connectivity index (χ0v) is 9.82. The molecule has 0 fully saturated rings. The van der Waals surface area contributed by atoms with Gasteiger partial charge in [-0.1, -0.05) is 6.07 Å². The van der Waals surface area contributed by atoms with Gasteiger partial charge in [-0.05, 0) is 34.9 Å². The van der Waals surface area contributed by atoms with Crippen molar-refractivity contribution < 1.29 is 9.13 Å². The molecule has 1 aliphatic rings. The van der Waals surface area contributed by atoms with E-state index in [2.05, 4.69) is 22.4 Å². The molecule has 0 aliphatic carbocycles. The highest BCUT2D eigenvalue weighted by Gasteiger charge is 2.10. The van der Waals surface area contributed by atoms with Crippen LogP contribution in [0.3, 0.4) is 0 Å². The molecule has 0 spiro atoms. The number of nitrogens with one attached hydrogen (secondary N) is 1. The fourth-order valence-electron chi connectivity index (χ4n) is 2.04. The summed E-state index contributed by atoms with van der Waals surface area (Å²) in [5.74, 6) is -0.309. The van der Waals surface area contributed by atoms with Gasteiger partial charge in [0.05, 0.1) is 19.4 Å². The molecule has 3 rings (SSSR count). The molecule has 1 aromatic heterocycles. The van der Waals surface area contributed by atoms with Crippen molar-refractivity contribution in [2.75, 3.05) is 5.32 Å². The van der Waals surface area contributed by atoms with Gasteiger partial charge in [0.15, 0.2) is 0 Å². The second kappa shape index (κ2) is 4.74. The number of rotatable bonds is 3. The highest BCUT2D eigenvalue weighted by molar-refractivity contribution is 5.49.